The van der Waals surface area contributed by atoms with E-state index in [0.29, 0.717) is 6.42 Å². The largest absolute Gasteiger partial charge is 0.481 e. The van der Waals surface area contributed by atoms with Crippen molar-refractivity contribution in [3.63, 3.8) is 0 Å². The van der Waals surface area contributed by atoms with E-state index in [2.05, 4.69) is 19.1 Å². The van der Waals surface area contributed by atoms with E-state index in [-0.39, 0.29) is 0 Å². The Balaban J connectivity index is 3.07. The predicted octanol–water partition coefficient (Wildman–Crippen LogP) is 6.50. The Morgan fingerprint density at radius 3 is 1.62 bits per heavy atom. The van der Waals surface area contributed by atoms with E-state index in [1.165, 1.54) is 64.2 Å². The summed E-state index contributed by atoms with van der Waals surface area (Å²) in [4.78, 5) is 10.3. The molecule has 0 aromatic heterocycles. The number of unbranched alkanes of at least 4 members (excludes halogenated alkanes) is 12. The van der Waals surface area contributed by atoms with Gasteiger partial charge in [0.15, 0.2) is 0 Å². The summed E-state index contributed by atoms with van der Waals surface area (Å²) < 4.78 is 0. The molecule has 0 heterocycles. The highest BCUT2D eigenvalue weighted by Gasteiger charge is 1.95. The summed E-state index contributed by atoms with van der Waals surface area (Å²) >= 11 is 0. The molecule has 0 saturated heterocycles. The van der Waals surface area contributed by atoms with Gasteiger partial charge in [-0.25, -0.2) is 0 Å². The number of carboxylic acid groups (broad SMARTS) is 1. The van der Waals surface area contributed by atoms with E-state index >= 15 is 0 Å². The molecule has 2 heteroatoms. The standard InChI is InChI=1S/C19H36O2/c1-2-3-4-5-6-7-8-9-10-11-12-13-14-15-16-17-18-19(20)21/h11-12H,2-10,13-18H2,1H3,(H,20,21). The third-order valence-electron chi connectivity index (χ3n) is 3.90. The maximum Gasteiger partial charge on any atom is 0.303 e. The van der Waals surface area contributed by atoms with Crippen molar-refractivity contribution in [2.24, 2.45) is 0 Å². The lowest BCUT2D eigenvalue weighted by Gasteiger charge is -2.00. The Bertz CT molecular complexity index is 246. The SMILES string of the molecule is CCCCCCCCCCC=CCCCCCCC(=O)O. The van der Waals surface area contributed by atoms with Gasteiger partial charge >= 0.3 is 5.97 Å². The van der Waals surface area contributed by atoms with Gasteiger partial charge in [0.2, 0.25) is 0 Å². The van der Waals surface area contributed by atoms with E-state index in [9.17, 15) is 4.79 Å². The molecule has 0 radical (unpaired) electrons. The maximum atomic E-state index is 10.3. The summed E-state index contributed by atoms with van der Waals surface area (Å²) in [5, 5.41) is 8.52. The number of carbonyl (C=O) groups is 1. The second-order valence-electron chi connectivity index (χ2n) is 6.08. The molecule has 0 aromatic carbocycles. The number of carboxylic acids is 1. The van der Waals surface area contributed by atoms with Gasteiger partial charge in [0.25, 0.3) is 0 Å². The zero-order chi connectivity index (χ0) is 15.6. The molecule has 0 saturated carbocycles. The molecule has 0 rings (SSSR count). The van der Waals surface area contributed by atoms with Crippen LogP contribution >= 0.6 is 0 Å². The molecule has 21 heavy (non-hydrogen) atoms. The summed E-state index contributed by atoms with van der Waals surface area (Å²) in [6, 6.07) is 0. The van der Waals surface area contributed by atoms with E-state index in [1.807, 2.05) is 0 Å². The average Bonchev–Trinajstić information content (AvgIpc) is 2.46. The third kappa shape index (κ3) is 19.2. The third-order valence-corrected chi connectivity index (χ3v) is 3.90. The van der Waals surface area contributed by atoms with Gasteiger partial charge in [-0.15, -0.1) is 0 Å². The van der Waals surface area contributed by atoms with E-state index < -0.39 is 5.97 Å². The fourth-order valence-corrected chi connectivity index (χ4v) is 2.52. The molecule has 0 aliphatic heterocycles. The topological polar surface area (TPSA) is 37.3 Å². The highest BCUT2D eigenvalue weighted by Crippen LogP contribution is 2.10. The molecule has 0 atom stereocenters. The van der Waals surface area contributed by atoms with Crippen LogP contribution in [0.5, 0.6) is 0 Å². The van der Waals surface area contributed by atoms with Crippen molar-refractivity contribution in [2.75, 3.05) is 0 Å². The van der Waals surface area contributed by atoms with Crippen molar-refractivity contribution in [3.05, 3.63) is 12.2 Å². The summed E-state index contributed by atoms with van der Waals surface area (Å²) in [7, 11) is 0. The van der Waals surface area contributed by atoms with E-state index in [0.717, 1.165) is 25.7 Å². The monoisotopic (exact) mass is 296 g/mol. The number of allylic oxidation sites excluding steroid dienone is 2. The van der Waals surface area contributed by atoms with Crippen LogP contribution in [-0.4, -0.2) is 11.1 Å². The lowest BCUT2D eigenvalue weighted by Crippen LogP contribution is -1.93. The molecule has 2 nitrogen and oxygen atoms in total. The summed E-state index contributed by atoms with van der Waals surface area (Å²) in [6.07, 6.45) is 22.7. The van der Waals surface area contributed by atoms with Crippen LogP contribution in [0.2, 0.25) is 0 Å². The Morgan fingerprint density at radius 1 is 0.714 bits per heavy atom. The zero-order valence-electron chi connectivity index (χ0n) is 14.1. The molecule has 0 spiro atoms. The molecule has 0 aliphatic rings. The first-order valence-electron chi connectivity index (χ1n) is 9.14. The average molecular weight is 296 g/mol. The molecule has 0 aromatic rings. The first-order chi connectivity index (χ1) is 10.3. The highest BCUT2D eigenvalue weighted by atomic mass is 16.4. The molecule has 1 N–H and O–H groups in total. The Morgan fingerprint density at radius 2 is 1.14 bits per heavy atom. The van der Waals surface area contributed by atoms with Crippen LogP contribution in [0.3, 0.4) is 0 Å². The van der Waals surface area contributed by atoms with Gasteiger partial charge < -0.3 is 5.11 Å². The lowest BCUT2D eigenvalue weighted by molar-refractivity contribution is -0.137. The van der Waals surface area contributed by atoms with Crippen LogP contribution in [0.1, 0.15) is 103 Å². The number of hydrogen-bond acceptors (Lipinski definition) is 1. The quantitative estimate of drug-likeness (QED) is 0.261. The van der Waals surface area contributed by atoms with Gasteiger partial charge in [-0.1, -0.05) is 76.9 Å². The van der Waals surface area contributed by atoms with Crippen molar-refractivity contribution < 1.29 is 9.90 Å². The van der Waals surface area contributed by atoms with Gasteiger partial charge in [-0.3, -0.25) is 4.79 Å². The van der Waals surface area contributed by atoms with Crippen LogP contribution in [0.4, 0.5) is 0 Å². The smallest absolute Gasteiger partial charge is 0.303 e. The molecule has 0 unspecified atom stereocenters. The van der Waals surface area contributed by atoms with Crippen LogP contribution in [0, 0.1) is 0 Å². The van der Waals surface area contributed by atoms with Crippen molar-refractivity contribution >= 4 is 5.97 Å². The van der Waals surface area contributed by atoms with Crippen LogP contribution in [0.25, 0.3) is 0 Å². The predicted molar refractivity (Wildman–Crippen MR) is 91.7 cm³/mol. The first kappa shape index (κ1) is 20.2. The maximum absolute atomic E-state index is 10.3. The minimum atomic E-state index is -0.666. The molecule has 0 fully saturated rings. The molecular weight excluding hydrogens is 260 g/mol. The second kappa shape index (κ2) is 17.3. The highest BCUT2D eigenvalue weighted by molar-refractivity contribution is 5.66. The van der Waals surface area contributed by atoms with Gasteiger partial charge in [-0.2, -0.15) is 0 Å². The van der Waals surface area contributed by atoms with Gasteiger partial charge in [0.05, 0.1) is 0 Å². The Labute approximate surface area is 132 Å². The normalized spacial score (nSPS) is 11.3. The van der Waals surface area contributed by atoms with Crippen molar-refractivity contribution in [1.82, 2.24) is 0 Å². The summed E-state index contributed by atoms with van der Waals surface area (Å²) in [6.45, 7) is 2.27. The molecular formula is C19H36O2. The van der Waals surface area contributed by atoms with Gasteiger partial charge in [0, 0.05) is 6.42 Å². The first-order valence-corrected chi connectivity index (χ1v) is 9.14. The minimum absolute atomic E-state index is 0.328. The molecule has 0 amide bonds. The Kier molecular flexibility index (Phi) is 16.6. The molecule has 0 aliphatic carbocycles. The van der Waals surface area contributed by atoms with E-state index in [1.54, 1.807) is 0 Å². The number of rotatable bonds is 16. The fourth-order valence-electron chi connectivity index (χ4n) is 2.52. The molecule has 0 bridgehead atoms. The fraction of sp³-hybridized carbons (Fsp3) is 0.842. The number of hydrogen-bond donors (Lipinski definition) is 1. The summed E-state index contributed by atoms with van der Waals surface area (Å²) in [5.41, 5.74) is 0. The lowest BCUT2D eigenvalue weighted by atomic mass is 10.1. The van der Waals surface area contributed by atoms with E-state index in [4.69, 9.17) is 5.11 Å². The van der Waals surface area contributed by atoms with Crippen molar-refractivity contribution in [2.45, 2.75) is 103 Å². The van der Waals surface area contributed by atoms with Crippen molar-refractivity contribution in [1.29, 1.82) is 0 Å². The van der Waals surface area contributed by atoms with Gasteiger partial charge in [-0.05, 0) is 32.1 Å². The van der Waals surface area contributed by atoms with Gasteiger partial charge in [0.1, 0.15) is 0 Å². The minimum Gasteiger partial charge on any atom is -0.481 e. The molecule has 124 valence electrons. The Hall–Kier alpha value is -0.790. The van der Waals surface area contributed by atoms with Crippen molar-refractivity contribution in [3.8, 4) is 0 Å². The summed E-state index contributed by atoms with van der Waals surface area (Å²) in [5.74, 6) is -0.666. The second-order valence-corrected chi connectivity index (χ2v) is 6.08. The van der Waals surface area contributed by atoms with Crippen LogP contribution in [0.15, 0.2) is 12.2 Å². The zero-order valence-corrected chi connectivity index (χ0v) is 14.1. The van der Waals surface area contributed by atoms with Crippen LogP contribution in [-0.2, 0) is 4.79 Å². The van der Waals surface area contributed by atoms with Crippen LogP contribution < -0.4 is 0 Å². The number of aliphatic carboxylic acids is 1.